The summed E-state index contributed by atoms with van der Waals surface area (Å²) in [7, 11) is 0. The third-order valence-corrected chi connectivity index (χ3v) is 1.35. The van der Waals surface area contributed by atoms with E-state index in [1.807, 2.05) is 20.8 Å². The van der Waals surface area contributed by atoms with E-state index in [4.69, 9.17) is 5.73 Å². The molecule has 0 rings (SSSR count). The zero-order valence-corrected chi connectivity index (χ0v) is 6.60. The monoisotopic (exact) mass is 150 g/mol. The second-order valence-electron chi connectivity index (χ2n) is 2.73. The maximum absolute atomic E-state index is 10.3. The van der Waals surface area contributed by atoms with Crippen molar-refractivity contribution in [3.8, 4) is 0 Å². The van der Waals surface area contributed by atoms with Crippen molar-refractivity contribution < 1.29 is 9.50 Å². The van der Waals surface area contributed by atoms with Gasteiger partial charge in [-0.3, -0.25) is 4.70 Å². The highest BCUT2D eigenvalue weighted by molar-refractivity contribution is 5.72. The molecule has 0 radical (unpaired) electrons. The average Bonchev–Trinajstić information content (AvgIpc) is 1.63. The first kappa shape index (κ1) is 11.9. The predicted molar refractivity (Wildman–Crippen MR) is 39.6 cm³/mol. The number of carbonyl (C=O) groups excluding carboxylic acids is 1. The molecule has 3 N–H and O–H groups in total. The Balaban J connectivity index is 0. The van der Waals surface area contributed by atoms with Gasteiger partial charge < -0.3 is 11.1 Å². The van der Waals surface area contributed by atoms with Crippen LogP contribution in [-0.2, 0) is 0 Å². The van der Waals surface area contributed by atoms with Gasteiger partial charge in [0, 0.05) is 5.54 Å². The summed E-state index contributed by atoms with van der Waals surface area (Å²) in [5.41, 5.74) is 4.74. The molecular formula is C6H15FN2O. The Hall–Kier alpha value is -0.800. The zero-order valence-electron chi connectivity index (χ0n) is 6.60. The van der Waals surface area contributed by atoms with Gasteiger partial charge in [0.15, 0.2) is 0 Å². The Labute approximate surface area is 60.3 Å². The highest BCUT2D eigenvalue weighted by Gasteiger charge is 2.14. The van der Waals surface area contributed by atoms with Crippen molar-refractivity contribution in [2.45, 2.75) is 32.7 Å². The van der Waals surface area contributed by atoms with Crippen LogP contribution < -0.4 is 11.1 Å². The van der Waals surface area contributed by atoms with Gasteiger partial charge in [0.1, 0.15) is 0 Å². The smallest absolute Gasteiger partial charge is 0.312 e. The number of primary amides is 1. The standard InChI is InChI=1S/C6H14N2O.FH/c1-4-6(2,3)8-5(7)9;/h4H2,1-3H3,(H3,7,8,9);1H. The lowest BCUT2D eigenvalue weighted by molar-refractivity contribution is 0.237. The van der Waals surface area contributed by atoms with Crippen molar-refractivity contribution in [1.82, 2.24) is 5.32 Å². The van der Waals surface area contributed by atoms with Crippen molar-refractivity contribution in [3.05, 3.63) is 0 Å². The first-order chi connectivity index (χ1) is 3.98. The molecule has 0 aliphatic heterocycles. The third kappa shape index (κ3) is 5.34. The quantitative estimate of drug-likeness (QED) is 0.606. The third-order valence-electron chi connectivity index (χ3n) is 1.35. The second-order valence-corrected chi connectivity index (χ2v) is 2.73. The highest BCUT2D eigenvalue weighted by Crippen LogP contribution is 2.05. The van der Waals surface area contributed by atoms with E-state index in [1.165, 1.54) is 0 Å². The Kier molecular flexibility index (Phi) is 4.88. The van der Waals surface area contributed by atoms with E-state index < -0.39 is 6.03 Å². The predicted octanol–water partition coefficient (Wildman–Crippen LogP) is 0.996. The molecule has 62 valence electrons. The lowest BCUT2D eigenvalue weighted by atomic mass is 10.0. The van der Waals surface area contributed by atoms with E-state index in [-0.39, 0.29) is 10.2 Å². The van der Waals surface area contributed by atoms with E-state index >= 15 is 0 Å². The molecule has 0 aromatic carbocycles. The van der Waals surface area contributed by atoms with Crippen LogP contribution in [0.5, 0.6) is 0 Å². The molecule has 0 aliphatic carbocycles. The number of nitrogens with two attached hydrogens (primary N) is 1. The van der Waals surface area contributed by atoms with E-state index in [9.17, 15) is 4.79 Å². The number of hydrogen-bond acceptors (Lipinski definition) is 1. The summed E-state index contributed by atoms with van der Waals surface area (Å²) < 4.78 is 0. The van der Waals surface area contributed by atoms with Crippen LogP contribution >= 0.6 is 0 Å². The van der Waals surface area contributed by atoms with Gasteiger partial charge in [-0.2, -0.15) is 0 Å². The van der Waals surface area contributed by atoms with Gasteiger partial charge >= 0.3 is 6.03 Å². The molecular weight excluding hydrogens is 135 g/mol. The number of urea groups is 1. The largest absolute Gasteiger partial charge is 0.352 e. The van der Waals surface area contributed by atoms with Gasteiger partial charge in [-0.15, -0.1) is 0 Å². The fourth-order valence-corrected chi connectivity index (χ4v) is 0.422. The SMILES string of the molecule is CCC(C)(C)NC(N)=O.F. The molecule has 4 heteroatoms. The fraction of sp³-hybridized carbons (Fsp3) is 0.833. The molecule has 0 aromatic rings. The maximum atomic E-state index is 10.3. The molecule has 0 heterocycles. The van der Waals surface area contributed by atoms with Crippen LogP contribution in [0.3, 0.4) is 0 Å². The fourth-order valence-electron chi connectivity index (χ4n) is 0.422. The molecule has 0 saturated heterocycles. The van der Waals surface area contributed by atoms with Crippen molar-refractivity contribution in [2.75, 3.05) is 0 Å². The Morgan fingerprint density at radius 2 is 2.00 bits per heavy atom. The normalized spacial score (nSPS) is 9.90. The molecule has 0 atom stereocenters. The number of amides is 2. The minimum atomic E-state index is -0.457. The second kappa shape index (κ2) is 4.09. The molecule has 10 heavy (non-hydrogen) atoms. The Morgan fingerprint density at radius 1 is 1.60 bits per heavy atom. The first-order valence-electron chi connectivity index (χ1n) is 3.05. The van der Waals surface area contributed by atoms with Gasteiger partial charge in [-0.1, -0.05) is 6.92 Å². The van der Waals surface area contributed by atoms with E-state index in [2.05, 4.69) is 5.32 Å². The molecule has 0 aliphatic rings. The summed E-state index contributed by atoms with van der Waals surface area (Å²) >= 11 is 0. The van der Waals surface area contributed by atoms with Crippen LogP contribution in [0.25, 0.3) is 0 Å². The van der Waals surface area contributed by atoms with Crippen LogP contribution in [0.2, 0.25) is 0 Å². The molecule has 0 aromatic heterocycles. The Morgan fingerprint density at radius 3 is 2.10 bits per heavy atom. The number of hydrogen-bond donors (Lipinski definition) is 2. The Bertz CT molecular complexity index is 114. The zero-order chi connectivity index (χ0) is 7.49. The van der Waals surface area contributed by atoms with Gasteiger partial charge in [-0.25, -0.2) is 4.79 Å². The molecule has 2 amide bonds. The minimum Gasteiger partial charge on any atom is -0.352 e. The maximum Gasteiger partial charge on any atom is 0.312 e. The summed E-state index contributed by atoms with van der Waals surface area (Å²) in [6.07, 6.45) is 0.885. The molecule has 3 nitrogen and oxygen atoms in total. The van der Waals surface area contributed by atoms with Crippen molar-refractivity contribution in [2.24, 2.45) is 5.73 Å². The minimum absolute atomic E-state index is 0. The van der Waals surface area contributed by atoms with Crippen molar-refractivity contribution >= 4 is 6.03 Å². The number of carbonyl (C=O) groups is 1. The van der Waals surface area contributed by atoms with E-state index in [1.54, 1.807) is 0 Å². The van der Waals surface area contributed by atoms with Crippen LogP contribution in [0.15, 0.2) is 0 Å². The average molecular weight is 150 g/mol. The first-order valence-corrected chi connectivity index (χ1v) is 3.05. The highest BCUT2D eigenvalue weighted by atomic mass is 19.0. The molecule has 0 bridgehead atoms. The van der Waals surface area contributed by atoms with Gasteiger partial charge in [0.2, 0.25) is 0 Å². The molecule has 0 spiro atoms. The summed E-state index contributed by atoms with van der Waals surface area (Å²) in [6, 6.07) is -0.457. The van der Waals surface area contributed by atoms with E-state index in [0.29, 0.717) is 0 Å². The van der Waals surface area contributed by atoms with Crippen LogP contribution in [-0.4, -0.2) is 11.6 Å². The van der Waals surface area contributed by atoms with Crippen molar-refractivity contribution in [1.29, 1.82) is 0 Å². The molecule has 0 fully saturated rings. The van der Waals surface area contributed by atoms with Crippen LogP contribution in [0.1, 0.15) is 27.2 Å². The summed E-state index contributed by atoms with van der Waals surface area (Å²) in [6.45, 7) is 5.85. The number of nitrogens with one attached hydrogen (secondary N) is 1. The lowest BCUT2D eigenvalue weighted by Crippen LogP contribution is -2.45. The van der Waals surface area contributed by atoms with Gasteiger partial charge in [0.05, 0.1) is 0 Å². The summed E-state index contributed by atoms with van der Waals surface area (Å²) in [4.78, 5) is 10.3. The van der Waals surface area contributed by atoms with Gasteiger partial charge in [0.25, 0.3) is 0 Å². The topological polar surface area (TPSA) is 55.1 Å². The van der Waals surface area contributed by atoms with Crippen LogP contribution in [0, 0.1) is 0 Å². The van der Waals surface area contributed by atoms with Gasteiger partial charge in [-0.05, 0) is 20.3 Å². The molecule has 0 saturated carbocycles. The summed E-state index contributed by atoms with van der Waals surface area (Å²) in [5.74, 6) is 0. The van der Waals surface area contributed by atoms with E-state index in [0.717, 1.165) is 6.42 Å². The lowest BCUT2D eigenvalue weighted by Gasteiger charge is -2.22. The molecule has 0 unspecified atom stereocenters. The number of halogens is 1. The number of rotatable bonds is 2. The summed E-state index contributed by atoms with van der Waals surface area (Å²) in [5, 5.41) is 2.61. The van der Waals surface area contributed by atoms with Crippen molar-refractivity contribution in [3.63, 3.8) is 0 Å². The van der Waals surface area contributed by atoms with Crippen LogP contribution in [0.4, 0.5) is 9.50 Å².